The van der Waals surface area contributed by atoms with E-state index in [1.807, 2.05) is 35.7 Å². The van der Waals surface area contributed by atoms with Gasteiger partial charge in [0.2, 0.25) is 0 Å². The van der Waals surface area contributed by atoms with E-state index < -0.39 is 0 Å². The van der Waals surface area contributed by atoms with Gasteiger partial charge in [-0.3, -0.25) is 4.40 Å². The summed E-state index contributed by atoms with van der Waals surface area (Å²) in [6.45, 7) is 1.71. The van der Waals surface area contributed by atoms with E-state index in [1.54, 1.807) is 10.9 Å². The smallest absolute Gasteiger partial charge is 0.178 e. The van der Waals surface area contributed by atoms with E-state index in [9.17, 15) is 5.11 Å². The van der Waals surface area contributed by atoms with Gasteiger partial charge >= 0.3 is 0 Å². The number of imidazole rings is 1. The van der Waals surface area contributed by atoms with Crippen LogP contribution in [0.3, 0.4) is 0 Å². The van der Waals surface area contributed by atoms with Crippen LogP contribution in [-0.2, 0) is 6.61 Å². The van der Waals surface area contributed by atoms with Gasteiger partial charge in [0.1, 0.15) is 5.65 Å². The summed E-state index contributed by atoms with van der Waals surface area (Å²) in [5, 5.41) is 14.4. The average Bonchev–Trinajstić information content (AvgIpc) is 2.90. The molecule has 92 valence electrons. The Balaban J connectivity index is 2.28. The number of rotatable bonds is 2. The van der Waals surface area contributed by atoms with Gasteiger partial charge in [0.05, 0.1) is 29.2 Å². The molecule has 3 rings (SSSR count). The Labute approximate surface area is 108 Å². The third-order valence-corrected chi connectivity index (χ3v) is 3.18. The topological polar surface area (TPSA) is 55.4 Å². The van der Waals surface area contributed by atoms with Crippen LogP contribution in [0.1, 0.15) is 11.4 Å². The fraction of sp³-hybridized carbons (Fsp3) is 0.167. The Morgan fingerprint density at radius 2 is 2.22 bits per heavy atom. The minimum absolute atomic E-state index is 0.114. The minimum atomic E-state index is -0.114. The zero-order chi connectivity index (χ0) is 12.7. The molecule has 0 aliphatic rings. The maximum absolute atomic E-state index is 9.51. The van der Waals surface area contributed by atoms with Crippen LogP contribution < -0.4 is 0 Å². The van der Waals surface area contributed by atoms with Crippen molar-refractivity contribution in [3.8, 4) is 5.82 Å². The van der Waals surface area contributed by atoms with Crippen molar-refractivity contribution in [3.63, 3.8) is 0 Å². The monoisotopic (exact) mass is 262 g/mol. The lowest BCUT2D eigenvalue weighted by atomic mass is 10.4. The van der Waals surface area contributed by atoms with Gasteiger partial charge in [-0.25, -0.2) is 9.67 Å². The first-order chi connectivity index (χ1) is 8.70. The summed E-state index contributed by atoms with van der Waals surface area (Å²) >= 11 is 5.99. The molecule has 0 spiro atoms. The SMILES string of the molecule is Cc1nn(-c2nc3ccccn3c2CO)cc1Cl. The van der Waals surface area contributed by atoms with E-state index in [-0.39, 0.29) is 6.61 Å². The largest absolute Gasteiger partial charge is 0.390 e. The van der Waals surface area contributed by atoms with Crippen LogP contribution in [-0.4, -0.2) is 24.3 Å². The number of aliphatic hydroxyl groups is 1. The molecule has 6 heteroatoms. The molecule has 3 aromatic rings. The molecule has 3 aromatic heterocycles. The standard InChI is InChI=1S/C12H11ClN4O/c1-8-9(13)6-17(15-8)12-10(7-18)16-5-3-2-4-11(16)14-12/h2-6,18H,7H2,1H3. The molecule has 0 radical (unpaired) electrons. The lowest BCUT2D eigenvalue weighted by molar-refractivity contribution is 0.275. The maximum Gasteiger partial charge on any atom is 0.178 e. The number of aromatic nitrogens is 4. The van der Waals surface area contributed by atoms with E-state index in [1.165, 1.54) is 0 Å². The fourth-order valence-electron chi connectivity index (χ4n) is 1.91. The Hall–Kier alpha value is -1.85. The van der Waals surface area contributed by atoms with Gasteiger partial charge in [-0.2, -0.15) is 5.10 Å². The summed E-state index contributed by atoms with van der Waals surface area (Å²) in [7, 11) is 0. The summed E-state index contributed by atoms with van der Waals surface area (Å²) in [4.78, 5) is 4.45. The van der Waals surface area contributed by atoms with Crippen LogP contribution in [0.5, 0.6) is 0 Å². The Bertz CT molecular complexity index is 697. The lowest BCUT2D eigenvalue weighted by Gasteiger charge is -2.00. The van der Waals surface area contributed by atoms with Crippen molar-refractivity contribution in [1.82, 2.24) is 19.2 Å². The van der Waals surface area contributed by atoms with E-state index in [4.69, 9.17) is 11.6 Å². The Morgan fingerprint density at radius 3 is 2.89 bits per heavy atom. The highest BCUT2D eigenvalue weighted by Crippen LogP contribution is 2.20. The van der Waals surface area contributed by atoms with Crippen molar-refractivity contribution in [2.24, 2.45) is 0 Å². The molecular weight excluding hydrogens is 252 g/mol. The Kier molecular flexibility index (Phi) is 2.57. The summed E-state index contributed by atoms with van der Waals surface area (Å²) in [5.41, 5.74) is 2.18. The maximum atomic E-state index is 9.51. The molecule has 0 unspecified atom stereocenters. The highest BCUT2D eigenvalue weighted by molar-refractivity contribution is 6.31. The second-order valence-corrected chi connectivity index (χ2v) is 4.38. The first-order valence-corrected chi connectivity index (χ1v) is 5.87. The molecule has 0 bridgehead atoms. The second-order valence-electron chi connectivity index (χ2n) is 3.98. The van der Waals surface area contributed by atoms with E-state index in [0.717, 1.165) is 11.3 Å². The average molecular weight is 263 g/mol. The van der Waals surface area contributed by atoms with Crippen molar-refractivity contribution in [3.05, 3.63) is 47.0 Å². The van der Waals surface area contributed by atoms with Crippen LogP contribution >= 0.6 is 11.6 Å². The van der Waals surface area contributed by atoms with Crippen molar-refractivity contribution >= 4 is 17.2 Å². The zero-order valence-corrected chi connectivity index (χ0v) is 10.5. The molecule has 0 atom stereocenters. The Morgan fingerprint density at radius 1 is 1.39 bits per heavy atom. The molecular formula is C12H11ClN4O. The molecule has 0 amide bonds. The number of hydrogen-bond acceptors (Lipinski definition) is 3. The molecule has 1 N–H and O–H groups in total. The summed E-state index contributed by atoms with van der Waals surface area (Å²) in [6, 6.07) is 5.66. The number of aliphatic hydroxyl groups excluding tert-OH is 1. The second kappa shape index (κ2) is 4.12. The first kappa shape index (κ1) is 11.3. The van der Waals surface area contributed by atoms with Crippen molar-refractivity contribution in [2.75, 3.05) is 0 Å². The quantitative estimate of drug-likeness (QED) is 0.768. The molecule has 0 aliphatic heterocycles. The predicted octanol–water partition coefficient (Wildman–Crippen LogP) is 1.97. The van der Waals surface area contributed by atoms with Gasteiger partial charge in [-0.1, -0.05) is 17.7 Å². The van der Waals surface area contributed by atoms with E-state index in [2.05, 4.69) is 10.1 Å². The van der Waals surface area contributed by atoms with Crippen LogP contribution in [0.4, 0.5) is 0 Å². The third-order valence-electron chi connectivity index (χ3n) is 2.81. The molecule has 0 saturated carbocycles. The first-order valence-electron chi connectivity index (χ1n) is 5.49. The molecule has 3 heterocycles. The fourth-order valence-corrected chi connectivity index (χ4v) is 2.04. The number of aryl methyl sites for hydroxylation is 1. The van der Waals surface area contributed by atoms with Crippen LogP contribution in [0.15, 0.2) is 30.6 Å². The number of fused-ring (bicyclic) bond motifs is 1. The van der Waals surface area contributed by atoms with Crippen molar-refractivity contribution < 1.29 is 5.11 Å². The summed E-state index contributed by atoms with van der Waals surface area (Å²) < 4.78 is 3.43. The van der Waals surface area contributed by atoms with Gasteiger partial charge in [-0.05, 0) is 19.1 Å². The van der Waals surface area contributed by atoms with Crippen molar-refractivity contribution in [1.29, 1.82) is 0 Å². The van der Waals surface area contributed by atoms with Crippen molar-refractivity contribution in [2.45, 2.75) is 13.5 Å². The van der Waals surface area contributed by atoms with E-state index >= 15 is 0 Å². The third kappa shape index (κ3) is 1.60. The van der Waals surface area contributed by atoms with Crippen LogP contribution in [0, 0.1) is 6.92 Å². The molecule has 0 aliphatic carbocycles. The number of pyridine rings is 1. The normalized spacial score (nSPS) is 11.3. The van der Waals surface area contributed by atoms with Gasteiger partial charge in [0.25, 0.3) is 0 Å². The molecule has 0 aromatic carbocycles. The van der Waals surface area contributed by atoms with Gasteiger partial charge in [0.15, 0.2) is 5.82 Å². The highest BCUT2D eigenvalue weighted by Gasteiger charge is 2.14. The molecule has 0 saturated heterocycles. The van der Waals surface area contributed by atoms with Gasteiger partial charge < -0.3 is 5.11 Å². The number of nitrogens with zero attached hydrogens (tertiary/aromatic N) is 4. The number of halogens is 1. The highest BCUT2D eigenvalue weighted by atomic mass is 35.5. The minimum Gasteiger partial charge on any atom is -0.390 e. The number of hydrogen-bond donors (Lipinski definition) is 1. The molecule has 5 nitrogen and oxygen atoms in total. The van der Waals surface area contributed by atoms with Crippen LogP contribution in [0.2, 0.25) is 5.02 Å². The van der Waals surface area contributed by atoms with Crippen LogP contribution in [0.25, 0.3) is 11.5 Å². The zero-order valence-electron chi connectivity index (χ0n) is 9.71. The summed E-state index contributed by atoms with van der Waals surface area (Å²) in [5.74, 6) is 0.596. The lowest BCUT2D eigenvalue weighted by Crippen LogP contribution is -2.01. The molecule has 0 fully saturated rings. The van der Waals surface area contributed by atoms with E-state index in [0.29, 0.717) is 16.5 Å². The molecule has 18 heavy (non-hydrogen) atoms. The summed E-state index contributed by atoms with van der Waals surface area (Å²) in [6.07, 6.45) is 3.55. The van der Waals surface area contributed by atoms with Gasteiger partial charge in [-0.15, -0.1) is 0 Å². The predicted molar refractivity (Wildman–Crippen MR) is 68.0 cm³/mol. The van der Waals surface area contributed by atoms with Gasteiger partial charge in [0, 0.05) is 6.20 Å².